The molecule has 0 aromatic rings. The van der Waals surface area contributed by atoms with Gasteiger partial charge in [-0.15, -0.1) is 4.28 Å². The Bertz CT molecular complexity index is 616. The molecule has 0 aromatic carbocycles. The van der Waals surface area contributed by atoms with Crippen molar-refractivity contribution >= 4 is 22.3 Å². The Morgan fingerprint density at radius 2 is 2.13 bits per heavy atom. The molecule has 3 amide bonds. The minimum atomic E-state index is -4.82. The van der Waals surface area contributed by atoms with E-state index >= 15 is 0 Å². The number of rotatable bonds is 4. The molecule has 2 bridgehead atoms. The Hall–Kier alpha value is -1.50. The van der Waals surface area contributed by atoms with Gasteiger partial charge in [-0.1, -0.05) is 0 Å². The van der Waals surface area contributed by atoms with Gasteiger partial charge in [-0.25, -0.2) is 9.18 Å². The van der Waals surface area contributed by atoms with E-state index in [0.717, 1.165) is 4.90 Å². The normalized spacial score (nSPS) is 34.1. The van der Waals surface area contributed by atoms with Crippen LogP contribution in [0.5, 0.6) is 0 Å². The van der Waals surface area contributed by atoms with Crippen LogP contribution in [0.1, 0.15) is 19.3 Å². The van der Waals surface area contributed by atoms with Crippen LogP contribution in [0.25, 0.3) is 0 Å². The highest BCUT2D eigenvalue weighted by Crippen LogP contribution is 2.30. The molecule has 3 fully saturated rings. The summed E-state index contributed by atoms with van der Waals surface area (Å²) in [5.74, 6) is -0.507. The van der Waals surface area contributed by atoms with Gasteiger partial charge in [0, 0.05) is 13.1 Å². The van der Waals surface area contributed by atoms with Crippen molar-refractivity contribution in [3.8, 4) is 0 Å². The number of fused-ring (bicyclic) bond motifs is 2. The predicted molar refractivity (Wildman–Crippen MR) is 72.8 cm³/mol. The number of halogens is 1. The van der Waals surface area contributed by atoms with Crippen molar-refractivity contribution in [1.82, 2.24) is 20.6 Å². The van der Waals surface area contributed by atoms with Crippen LogP contribution in [0.2, 0.25) is 0 Å². The number of hydrogen-bond donors (Lipinski definition) is 3. The molecule has 3 N–H and O–H groups in total. The third kappa shape index (κ3) is 3.24. The van der Waals surface area contributed by atoms with E-state index in [-0.39, 0.29) is 13.0 Å². The van der Waals surface area contributed by atoms with E-state index in [9.17, 15) is 22.4 Å². The summed E-state index contributed by atoms with van der Waals surface area (Å²) in [5.41, 5.74) is 0. The summed E-state index contributed by atoms with van der Waals surface area (Å²) >= 11 is 0. The van der Waals surface area contributed by atoms with E-state index in [0.29, 0.717) is 24.4 Å². The third-order valence-electron chi connectivity index (χ3n) is 4.24. The molecule has 0 radical (unpaired) electrons. The summed E-state index contributed by atoms with van der Waals surface area (Å²) in [6, 6.07) is -2.21. The smallest absolute Gasteiger partial charge is 0.336 e. The van der Waals surface area contributed by atoms with Crippen molar-refractivity contribution in [2.75, 3.05) is 13.1 Å². The predicted octanol–water partition coefficient (Wildman–Crippen LogP) is -1.24. The average Bonchev–Trinajstić information content (AvgIpc) is 2.96. The minimum Gasteiger partial charge on any atom is -0.336 e. The molecule has 3 aliphatic heterocycles. The molecule has 130 valence electrons. The first-order chi connectivity index (χ1) is 10.8. The number of hydrogen-bond acceptors (Lipinski definition) is 6. The molecule has 10 nitrogen and oxygen atoms in total. The zero-order valence-electron chi connectivity index (χ0n) is 12.0. The lowest BCUT2D eigenvalue weighted by atomic mass is 10.00. The fourth-order valence-corrected chi connectivity index (χ4v) is 3.55. The number of carbonyl (C=O) groups excluding carboxylic acids is 2. The maximum atomic E-state index is 13.5. The summed E-state index contributed by atoms with van der Waals surface area (Å²) in [7, 11) is -4.82. The lowest BCUT2D eigenvalue weighted by Crippen LogP contribution is -2.55. The third-order valence-corrected chi connectivity index (χ3v) is 4.59. The standard InChI is InChI=1S/C11H17FN4O6S/c12-7-3-4-13-9(7)14-10(17)8-2-1-6-5-15(8)11(18)16(6)22-23(19,20)21/h6-9,13H,1-5H2,(H,14,17)(H,19,20,21)/t6-,7-,8+,9?/m1/s1. The van der Waals surface area contributed by atoms with Gasteiger partial charge in [0.25, 0.3) is 0 Å². The highest BCUT2D eigenvalue weighted by atomic mass is 32.3. The van der Waals surface area contributed by atoms with E-state index in [2.05, 4.69) is 14.9 Å². The van der Waals surface area contributed by atoms with E-state index < -0.39 is 46.8 Å². The first kappa shape index (κ1) is 16.4. The van der Waals surface area contributed by atoms with Gasteiger partial charge in [-0.2, -0.15) is 13.5 Å². The Labute approximate surface area is 131 Å². The van der Waals surface area contributed by atoms with Gasteiger partial charge in [0.2, 0.25) is 5.91 Å². The second kappa shape index (κ2) is 5.85. The molecule has 1 unspecified atom stereocenters. The molecule has 4 atom stereocenters. The van der Waals surface area contributed by atoms with Gasteiger partial charge in [0.15, 0.2) is 0 Å². The van der Waals surface area contributed by atoms with Crippen LogP contribution in [-0.2, 0) is 19.5 Å². The molecule has 0 saturated carbocycles. The zero-order valence-corrected chi connectivity index (χ0v) is 12.8. The molecule has 3 aliphatic rings. The van der Waals surface area contributed by atoms with Crippen LogP contribution in [-0.4, -0.2) is 72.4 Å². The zero-order chi connectivity index (χ0) is 16.8. The summed E-state index contributed by atoms with van der Waals surface area (Å²) in [4.78, 5) is 25.6. The number of carbonyl (C=O) groups is 2. The van der Waals surface area contributed by atoms with Crippen LogP contribution in [0.3, 0.4) is 0 Å². The minimum absolute atomic E-state index is 0.101. The second-order valence-corrected chi connectivity index (χ2v) is 6.76. The van der Waals surface area contributed by atoms with Crippen LogP contribution in [0.15, 0.2) is 0 Å². The largest absolute Gasteiger partial charge is 0.418 e. The number of nitrogens with one attached hydrogen (secondary N) is 2. The number of alkyl halides is 1. The quantitative estimate of drug-likeness (QED) is 0.540. The van der Waals surface area contributed by atoms with Gasteiger partial charge in [-0.05, 0) is 19.3 Å². The van der Waals surface area contributed by atoms with Crippen molar-refractivity contribution in [3.05, 3.63) is 0 Å². The van der Waals surface area contributed by atoms with Gasteiger partial charge >= 0.3 is 16.4 Å². The maximum Gasteiger partial charge on any atom is 0.418 e. The van der Waals surface area contributed by atoms with Crippen LogP contribution in [0, 0.1) is 0 Å². The lowest BCUT2D eigenvalue weighted by Gasteiger charge is -2.30. The maximum absolute atomic E-state index is 13.5. The molecule has 3 rings (SSSR count). The van der Waals surface area contributed by atoms with Crippen molar-refractivity contribution in [3.63, 3.8) is 0 Å². The summed E-state index contributed by atoms with van der Waals surface area (Å²) in [6.45, 7) is 0.557. The summed E-state index contributed by atoms with van der Waals surface area (Å²) in [6.07, 6.45) is -1.06. The lowest BCUT2D eigenvalue weighted by molar-refractivity contribution is -0.127. The van der Waals surface area contributed by atoms with Crippen molar-refractivity contribution in [1.29, 1.82) is 0 Å². The van der Waals surface area contributed by atoms with Gasteiger partial charge in [0.1, 0.15) is 18.4 Å². The molecule has 0 aliphatic carbocycles. The summed E-state index contributed by atoms with van der Waals surface area (Å²) in [5, 5.41) is 5.90. The summed E-state index contributed by atoms with van der Waals surface area (Å²) < 4.78 is 48.1. The van der Waals surface area contributed by atoms with E-state index in [4.69, 9.17) is 4.55 Å². The van der Waals surface area contributed by atoms with Crippen LogP contribution >= 0.6 is 0 Å². The van der Waals surface area contributed by atoms with Crippen LogP contribution < -0.4 is 10.6 Å². The Morgan fingerprint density at radius 1 is 1.39 bits per heavy atom. The topological polar surface area (TPSA) is 128 Å². The van der Waals surface area contributed by atoms with Crippen LogP contribution in [0.4, 0.5) is 9.18 Å². The Morgan fingerprint density at radius 3 is 2.74 bits per heavy atom. The number of urea groups is 1. The van der Waals surface area contributed by atoms with Gasteiger partial charge < -0.3 is 10.2 Å². The Kier molecular flexibility index (Phi) is 4.16. The van der Waals surface area contributed by atoms with Crippen molar-refractivity contribution < 1.29 is 31.2 Å². The van der Waals surface area contributed by atoms with E-state index in [1.165, 1.54) is 0 Å². The van der Waals surface area contributed by atoms with Gasteiger partial charge in [0.05, 0.1) is 6.04 Å². The molecule has 12 heteroatoms. The second-order valence-electron chi connectivity index (χ2n) is 5.76. The Balaban J connectivity index is 1.67. The fraction of sp³-hybridized carbons (Fsp3) is 0.818. The molecule has 0 aromatic heterocycles. The molecule has 23 heavy (non-hydrogen) atoms. The molecule has 3 saturated heterocycles. The van der Waals surface area contributed by atoms with Gasteiger partial charge in [-0.3, -0.25) is 14.7 Å². The highest BCUT2D eigenvalue weighted by molar-refractivity contribution is 7.80. The highest BCUT2D eigenvalue weighted by Gasteiger charge is 2.49. The number of hydroxylamine groups is 2. The molecule has 0 spiro atoms. The molecule has 3 heterocycles. The fourth-order valence-electron chi connectivity index (χ4n) is 3.17. The SMILES string of the molecule is O=C(NC1NCC[C@H]1F)[C@@H]1CC[C@@H]2CN1C(=O)N2OS(=O)(=O)O. The number of piperidine rings is 1. The molecular weight excluding hydrogens is 335 g/mol. The average molecular weight is 352 g/mol. The monoisotopic (exact) mass is 352 g/mol. The van der Waals surface area contributed by atoms with Crippen molar-refractivity contribution in [2.45, 2.75) is 43.7 Å². The van der Waals surface area contributed by atoms with E-state index in [1.807, 2.05) is 0 Å². The van der Waals surface area contributed by atoms with E-state index in [1.54, 1.807) is 0 Å². The number of nitrogens with zero attached hydrogens (tertiary/aromatic N) is 2. The first-order valence-electron chi connectivity index (χ1n) is 7.21. The number of amides is 3. The molecular formula is C11H17FN4O6S. The first-order valence-corrected chi connectivity index (χ1v) is 8.57. The van der Waals surface area contributed by atoms with Crippen molar-refractivity contribution in [2.24, 2.45) is 0 Å².